The molecule has 5 heteroatoms. The van der Waals surface area contributed by atoms with Crippen LogP contribution in [0.2, 0.25) is 0 Å². The first-order chi connectivity index (χ1) is 11.4. The third-order valence-electron chi connectivity index (χ3n) is 3.63. The highest BCUT2D eigenvalue weighted by molar-refractivity contribution is 5.98. The number of ether oxygens (including phenoxy) is 2. The van der Waals surface area contributed by atoms with E-state index in [0.717, 1.165) is 11.1 Å². The Labute approximate surface area is 141 Å². The number of methoxy groups -OCH3 is 1. The standard InChI is InChI=1S/C19H21NO4/c1-12-9-10-13(2)16(11-12)20-18(21)14(3)24-19(22)15-7-5-6-8-17(15)23-4/h5-11,14H,1-4H3,(H,20,21)/t14-/m0/s1. The van der Waals surface area contributed by atoms with Crippen LogP contribution >= 0.6 is 0 Å². The van der Waals surface area contributed by atoms with Gasteiger partial charge in [-0.2, -0.15) is 0 Å². The van der Waals surface area contributed by atoms with Gasteiger partial charge in [-0.3, -0.25) is 4.79 Å². The van der Waals surface area contributed by atoms with Crippen molar-refractivity contribution in [1.82, 2.24) is 0 Å². The zero-order valence-corrected chi connectivity index (χ0v) is 14.3. The second-order valence-electron chi connectivity index (χ2n) is 5.56. The first kappa shape index (κ1) is 17.5. The molecule has 0 bridgehead atoms. The predicted molar refractivity (Wildman–Crippen MR) is 92.4 cm³/mol. The zero-order chi connectivity index (χ0) is 17.7. The Hall–Kier alpha value is -2.82. The molecule has 1 atom stereocenters. The highest BCUT2D eigenvalue weighted by Crippen LogP contribution is 2.20. The van der Waals surface area contributed by atoms with Crippen molar-refractivity contribution in [2.75, 3.05) is 12.4 Å². The minimum absolute atomic E-state index is 0.284. The summed E-state index contributed by atoms with van der Waals surface area (Å²) in [5.41, 5.74) is 2.97. The van der Waals surface area contributed by atoms with Gasteiger partial charge in [0.2, 0.25) is 0 Å². The Morgan fingerprint density at radius 2 is 1.79 bits per heavy atom. The number of hydrogen-bond donors (Lipinski definition) is 1. The molecule has 2 rings (SSSR count). The van der Waals surface area contributed by atoms with E-state index in [-0.39, 0.29) is 11.5 Å². The van der Waals surface area contributed by atoms with Crippen molar-refractivity contribution in [3.63, 3.8) is 0 Å². The van der Waals surface area contributed by atoms with Gasteiger partial charge in [0.25, 0.3) is 5.91 Å². The molecule has 0 radical (unpaired) electrons. The Balaban J connectivity index is 2.06. The highest BCUT2D eigenvalue weighted by atomic mass is 16.5. The largest absolute Gasteiger partial charge is 0.496 e. The molecule has 0 saturated carbocycles. The lowest BCUT2D eigenvalue weighted by atomic mass is 10.1. The second kappa shape index (κ2) is 7.64. The molecule has 2 aromatic carbocycles. The molecule has 0 heterocycles. The minimum atomic E-state index is -0.928. The lowest BCUT2D eigenvalue weighted by Gasteiger charge is -2.16. The number of carbonyl (C=O) groups is 2. The molecule has 1 amide bonds. The number of nitrogens with one attached hydrogen (secondary N) is 1. The van der Waals surface area contributed by atoms with Crippen molar-refractivity contribution < 1.29 is 19.1 Å². The van der Waals surface area contributed by atoms with Crippen molar-refractivity contribution in [3.05, 3.63) is 59.2 Å². The summed E-state index contributed by atoms with van der Waals surface area (Å²) in [6.07, 6.45) is -0.928. The van der Waals surface area contributed by atoms with Gasteiger partial charge in [0, 0.05) is 5.69 Å². The van der Waals surface area contributed by atoms with Gasteiger partial charge in [-0.05, 0) is 50.1 Å². The fourth-order valence-corrected chi connectivity index (χ4v) is 2.20. The molecule has 126 valence electrons. The first-order valence-electron chi connectivity index (χ1n) is 7.64. The smallest absolute Gasteiger partial charge is 0.342 e. The van der Waals surface area contributed by atoms with Crippen molar-refractivity contribution in [2.45, 2.75) is 26.9 Å². The molecule has 2 aromatic rings. The van der Waals surface area contributed by atoms with E-state index in [1.807, 2.05) is 32.0 Å². The number of aryl methyl sites for hydroxylation is 2. The summed E-state index contributed by atoms with van der Waals surface area (Å²) in [7, 11) is 1.47. The molecule has 0 aromatic heterocycles. The van der Waals surface area contributed by atoms with E-state index < -0.39 is 12.1 Å². The number of hydrogen-bond acceptors (Lipinski definition) is 4. The Morgan fingerprint density at radius 3 is 2.50 bits per heavy atom. The molecule has 0 unspecified atom stereocenters. The molecule has 24 heavy (non-hydrogen) atoms. The molecule has 5 nitrogen and oxygen atoms in total. The Bertz CT molecular complexity index is 755. The van der Waals surface area contributed by atoms with Gasteiger partial charge < -0.3 is 14.8 Å². The van der Waals surface area contributed by atoms with Crippen LogP contribution in [0.5, 0.6) is 5.75 Å². The molecule has 0 saturated heterocycles. The monoisotopic (exact) mass is 327 g/mol. The number of rotatable bonds is 5. The molecule has 0 aliphatic heterocycles. The third kappa shape index (κ3) is 4.13. The van der Waals surface area contributed by atoms with Crippen LogP contribution < -0.4 is 10.1 Å². The van der Waals surface area contributed by atoms with Crippen LogP contribution in [-0.4, -0.2) is 25.1 Å². The van der Waals surface area contributed by atoms with Crippen LogP contribution in [-0.2, 0) is 9.53 Å². The summed E-state index contributed by atoms with van der Waals surface area (Å²) in [4.78, 5) is 24.5. The van der Waals surface area contributed by atoms with Gasteiger partial charge in [0.1, 0.15) is 11.3 Å². The molecule has 1 N–H and O–H groups in total. The third-order valence-corrected chi connectivity index (χ3v) is 3.63. The lowest BCUT2D eigenvalue weighted by Crippen LogP contribution is -2.30. The summed E-state index contributed by atoms with van der Waals surface area (Å²) in [6, 6.07) is 12.5. The van der Waals surface area contributed by atoms with Crippen LogP contribution in [0.15, 0.2) is 42.5 Å². The van der Waals surface area contributed by atoms with E-state index in [2.05, 4.69) is 5.32 Å². The number of carbonyl (C=O) groups excluding carboxylic acids is 2. The van der Waals surface area contributed by atoms with Gasteiger partial charge in [-0.1, -0.05) is 24.3 Å². The predicted octanol–water partition coefficient (Wildman–Crippen LogP) is 3.50. The number of amides is 1. The van der Waals surface area contributed by atoms with E-state index >= 15 is 0 Å². The zero-order valence-electron chi connectivity index (χ0n) is 14.3. The highest BCUT2D eigenvalue weighted by Gasteiger charge is 2.21. The topological polar surface area (TPSA) is 64.6 Å². The summed E-state index contributed by atoms with van der Waals surface area (Å²) in [5.74, 6) is -0.576. The number of anilines is 1. The van der Waals surface area contributed by atoms with Crippen LogP contribution in [0.4, 0.5) is 5.69 Å². The van der Waals surface area contributed by atoms with Crippen LogP contribution in [0.3, 0.4) is 0 Å². The Morgan fingerprint density at radius 1 is 1.08 bits per heavy atom. The maximum absolute atomic E-state index is 12.3. The summed E-state index contributed by atoms with van der Waals surface area (Å²) < 4.78 is 10.4. The average Bonchev–Trinajstić information content (AvgIpc) is 2.57. The average molecular weight is 327 g/mol. The molecule has 0 fully saturated rings. The van der Waals surface area contributed by atoms with E-state index in [4.69, 9.17) is 9.47 Å². The van der Waals surface area contributed by atoms with Crippen molar-refractivity contribution in [1.29, 1.82) is 0 Å². The van der Waals surface area contributed by atoms with Crippen LogP contribution in [0.1, 0.15) is 28.4 Å². The number of benzene rings is 2. The molecule has 0 spiro atoms. The second-order valence-corrected chi connectivity index (χ2v) is 5.56. The quantitative estimate of drug-likeness (QED) is 0.854. The maximum atomic E-state index is 12.3. The van der Waals surface area contributed by atoms with Crippen LogP contribution in [0.25, 0.3) is 0 Å². The van der Waals surface area contributed by atoms with Crippen LogP contribution in [0, 0.1) is 13.8 Å². The SMILES string of the molecule is COc1ccccc1C(=O)O[C@@H](C)C(=O)Nc1cc(C)ccc1C. The van der Waals surface area contributed by atoms with Gasteiger partial charge in [-0.25, -0.2) is 4.79 Å². The van der Waals surface area contributed by atoms with E-state index in [0.29, 0.717) is 11.4 Å². The van der Waals surface area contributed by atoms with E-state index in [1.165, 1.54) is 14.0 Å². The summed E-state index contributed by atoms with van der Waals surface area (Å²) >= 11 is 0. The van der Waals surface area contributed by atoms with Crippen molar-refractivity contribution >= 4 is 17.6 Å². The number of esters is 1. The summed E-state index contributed by atoms with van der Waals surface area (Å²) in [6.45, 7) is 5.38. The lowest BCUT2D eigenvalue weighted by molar-refractivity contribution is -0.123. The minimum Gasteiger partial charge on any atom is -0.496 e. The van der Waals surface area contributed by atoms with Gasteiger partial charge >= 0.3 is 5.97 Å². The summed E-state index contributed by atoms with van der Waals surface area (Å²) in [5, 5.41) is 2.79. The molecular weight excluding hydrogens is 306 g/mol. The number of para-hydroxylation sites is 1. The molecule has 0 aliphatic carbocycles. The molecule has 0 aliphatic rings. The maximum Gasteiger partial charge on any atom is 0.342 e. The van der Waals surface area contributed by atoms with Gasteiger partial charge in [0.15, 0.2) is 6.10 Å². The van der Waals surface area contributed by atoms with Crippen molar-refractivity contribution in [3.8, 4) is 5.75 Å². The van der Waals surface area contributed by atoms with Crippen molar-refractivity contribution in [2.24, 2.45) is 0 Å². The fraction of sp³-hybridized carbons (Fsp3) is 0.263. The van der Waals surface area contributed by atoms with Gasteiger partial charge in [-0.15, -0.1) is 0 Å². The van der Waals surface area contributed by atoms with Gasteiger partial charge in [0.05, 0.1) is 7.11 Å². The normalized spacial score (nSPS) is 11.5. The molecular formula is C19H21NO4. The van der Waals surface area contributed by atoms with E-state index in [1.54, 1.807) is 24.3 Å². The Kier molecular flexibility index (Phi) is 5.58. The first-order valence-corrected chi connectivity index (χ1v) is 7.64. The fourth-order valence-electron chi connectivity index (χ4n) is 2.20. The van der Waals surface area contributed by atoms with E-state index in [9.17, 15) is 9.59 Å².